The first kappa shape index (κ1) is 21.8. The Morgan fingerprint density at radius 3 is 2.47 bits per heavy atom. The Morgan fingerprint density at radius 2 is 1.78 bits per heavy atom. The van der Waals surface area contributed by atoms with Crippen molar-refractivity contribution in [3.05, 3.63) is 52.6 Å². The van der Waals surface area contributed by atoms with Crippen LogP contribution in [0.3, 0.4) is 0 Å². The van der Waals surface area contributed by atoms with Crippen LogP contribution in [0.5, 0.6) is 11.5 Å². The molecule has 32 heavy (non-hydrogen) atoms. The predicted molar refractivity (Wildman–Crippen MR) is 124 cm³/mol. The van der Waals surface area contributed by atoms with Gasteiger partial charge in [-0.15, -0.1) is 0 Å². The molecular weight excluding hydrogens is 452 g/mol. The van der Waals surface area contributed by atoms with Gasteiger partial charge in [-0.3, -0.25) is 0 Å². The molecule has 0 saturated carbocycles. The van der Waals surface area contributed by atoms with Crippen LogP contribution in [0.15, 0.2) is 42.5 Å². The van der Waals surface area contributed by atoms with E-state index < -0.39 is 5.97 Å². The molecule has 1 N–H and O–H groups in total. The molecule has 0 radical (unpaired) electrons. The Balaban J connectivity index is 1.81. The summed E-state index contributed by atoms with van der Waals surface area (Å²) in [5.74, 6) is 1.02. The Labute approximate surface area is 193 Å². The second-order valence-electron chi connectivity index (χ2n) is 6.47. The lowest BCUT2D eigenvalue weighted by atomic mass is 10.1. The van der Waals surface area contributed by atoms with Gasteiger partial charge in [-0.2, -0.15) is 4.98 Å². The van der Waals surface area contributed by atoms with Crippen LogP contribution < -0.4 is 14.8 Å². The number of anilines is 2. The topological polar surface area (TPSA) is 95.5 Å². The summed E-state index contributed by atoms with van der Waals surface area (Å²) in [5.41, 5.74) is 1.90. The molecule has 2 heterocycles. The number of methoxy groups -OCH3 is 2. The van der Waals surface area contributed by atoms with Gasteiger partial charge in [-0.1, -0.05) is 41.7 Å². The van der Waals surface area contributed by atoms with E-state index >= 15 is 0 Å². The molecule has 0 aliphatic carbocycles. The zero-order chi connectivity index (χ0) is 22.7. The number of nitrogens with one attached hydrogen (secondary N) is 1. The van der Waals surface area contributed by atoms with Gasteiger partial charge in [0.25, 0.3) is 0 Å². The largest absolute Gasteiger partial charge is 0.493 e. The number of aromatic nitrogens is 3. The number of hydrogen-bond donors (Lipinski definition) is 1. The van der Waals surface area contributed by atoms with Gasteiger partial charge in [0, 0.05) is 17.0 Å². The lowest BCUT2D eigenvalue weighted by Gasteiger charge is -2.11. The van der Waals surface area contributed by atoms with Crippen molar-refractivity contribution in [2.75, 3.05) is 26.1 Å². The van der Waals surface area contributed by atoms with Gasteiger partial charge in [-0.25, -0.2) is 14.8 Å². The van der Waals surface area contributed by atoms with Crippen molar-refractivity contribution in [3.8, 4) is 22.8 Å². The zero-order valence-corrected chi connectivity index (χ0v) is 19.1. The standard InChI is InChI=1S/C22H19ClN4O4S/c1-4-31-20(28)18-17(12-8-6-5-7-9-12)25-22(32-18)27-19-13-10-15(29-2)16(30-3)11-14(13)24-21(23)26-19/h5-11H,4H2,1-3H3,(H,24,25,26,27). The van der Waals surface area contributed by atoms with Crippen molar-refractivity contribution < 1.29 is 19.0 Å². The van der Waals surface area contributed by atoms with Crippen LogP contribution in [0.25, 0.3) is 22.2 Å². The fraction of sp³-hybridized carbons (Fsp3) is 0.182. The quantitative estimate of drug-likeness (QED) is 0.285. The van der Waals surface area contributed by atoms with Crippen LogP contribution in [0.2, 0.25) is 5.28 Å². The van der Waals surface area contributed by atoms with E-state index in [-0.39, 0.29) is 11.9 Å². The van der Waals surface area contributed by atoms with E-state index in [0.29, 0.717) is 43.9 Å². The molecule has 0 fully saturated rings. The molecule has 0 unspecified atom stereocenters. The number of halogens is 1. The maximum absolute atomic E-state index is 12.6. The van der Waals surface area contributed by atoms with E-state index in [1.54, 1.807) is 33.3 Å². The average molecular weight is 471 g/mol. The molecule has 0 amide bonds. The van der Waals surface area contributed by atoms with E-state index in [9.17, 15) is 4.79 Å². The molecule has 0 spiro atoms. The highest BCUT2D eigenvalue weighted by Crippen LogP contribution is 2.37. The maximum Gasteiger partial charge on any atom is 0.350 e. The molecule has 4 aromatic rings. The Bertz CT molecular complexity index is 1280. The lowest BCUT2D eigenvalue weighted by Crippen LogP contribution is -2.03. The van der Waals surface area contributed by atoms with E-state index in [1.807, 2.05) is 30.3 Å². The van der Waals surface area contributed by atoms with Gasteiger partial charge in [-0.05, 0) is 24.6 Å². The number of hydrogen-bond acceptors (Lipinski definition) is 9. The van der Waals surface area contributed by atoms with Gasteiger partial charge in [0.05, 0.1) is 32.0 Å². The minimum atomic E-state index is -0.436. The fourth-order valence-corrected chi connectivity index (χ4v) is 4.18. The first-order chi connectivity index (χ1) is 15.5. The zero-order valence-electron chi connectivity index (χ0n) is 17.5. The average Bonchev–Trinajstić information content (AvgIpc) is 3.23. The van der Waals surface area contributed by atoms with Crippen molar-refractivity contribution in [2.24, 2.45) is 0 Å². The van der Waals surface area contributed by atoms with E-state index in [0.717, 1.165) is 5.56 Å². The van der Waals surface area contributed by atoms with Gasteiger partial charge in [0.2, 0.25) is 5.28 Å². The van der Waals surface area contributed by atoms with Crippen molar-refractivity contribution in [1.29, 1.82) is 0 Å². The number of ether oxygens (including phenoxy) is 3. The molecular formula is C22H19ClN4O4S. The molecule has 0 aliphatic heterocycles. The predicted octanol–water partition coefficient (Wildman–Crippen LogP) is 5.34. The summed E-state index contributed by atoms with van der Waals surface area (Å²) in [5, 5.41) is 4.34. The fourth-order valence-electron chi connectivity index (χ4n) is 3.12. The number of rotatable bonds is 7. The SMILES string of the molecule is CCOC(=O)c1sc(Nc2nc(Cl)nc3cc(OC)c(OC)cc23)nc1-c1ccccc1. The summed E-state index contributed by atoms with van der Waals surface area (Å²) in [6.07, 6.45) is 0. The van der Waals surface area contributed by atoms with E-state index in [1.165, 1.54) is 11.3 Å². The van der Waals surface area contributed by atoms with Crippen molar-refractivity contribution in [2.45, 2.75) is 6.92 Å². The first-order valence-corrected chi connectivity index (χ1v) is 10.8. The number of benzene rings is 2. The van der Waals surface area contributed by atoms with Gasteiger partial charge in [0.15, 0.2) is 16.6 Å². The highest BCUT2D eigenvalue weighted by atomic mass is 35.5. The molecule has 0 saturated heterocycles. The molecule has 0 bridgehead atoms. The molecule has 10 heteroatoms. The maximum atomic E-state index is 12.6. The summed E-state index contributed by atoms with van der Waals surface area (Å²) >= 11 is 7.33. The van der Waals surface area contributed by atoms with Gasteiger partial charge in [0.1, 0.15) is 10.7 Å². The highest BCUT2D eigenvalue weighted by molar-refractivity contribution is 7.18. The number of esters is 1. The Morgan fingerprint density at radius 1 is 1.06 bits per heavy atom. The van der Waals surface area contributed by atoms with Crippen LogP contribution >= 0.6 is 22.9 Å². The van der Waals surface area contributed by atoms with Gasteiger partial charge >= 0.3 is 5.97 Å². The summed E-state index contributed by atoms with van der Waals surface area (Å²) in [7, 11) is 3.09. The summed E-state index contributed by atoms with van der Waals surface area (Å²) in [6.45, 7) is 2.03. The van der Waals surface area contributed by atoms with Crippen LogP contribution in [-0.2, 0) is 4.74 Å². The van der Waals surface area contributed by atoms with E-state index in [2.05, 4.69) is 20.3 Å². The monoisotopic (exact) mass is 470 g/mol. The minimum Gasteiger partial charge on any atom is -0.493 e. The van der Waals surface area contributed by atoms with Crippen molar-refractivity contribution in [1.82, 2.24) is 15.0 Å². The molecule has 2 aromatic carbocycles. The Kier molecular flexibility index (Phi) is 6.38. The van der Waals surface area contributed by atoms with Crippen molar-refractivity contribution >= 4 is 50.8 Å². The van der Waals surface area contributed by atoms with Crippen LogP contribution in [0.1, 0.15) is 16.6 Å². The number of fused-ring (bicyclic) bond motifs is 1. The number of carbonyl (C=O) groups is 1. The van der Waals surface area contributed by atoms with Crippen LogP contribution in [0.4, 0.5) is 10.9 Å². The third-order valence-electron chi connectivity index (χ3n) is 4.53. The molecule has 164 valence electrons. The van der Waals surface area contributed by atoms with Gasteiger partial charge < -0.3 is 19.5 Å². The highest BCUT2D eigenvalue weighted by Gasteiger charge is 2.22. The Hall–Kier alpha value is -3.43. The summed E-state index contributed by atoms with van der Waals surface area (Å²) in [6, 6.07) is 12.9. The van der Waals surface area contributed by atoms with Crippen LogP contribution in [0, 0.1) is 0 Å². The third kappa shape index (κ3) is 4.30. The second-order valence-corrected chi connectivity index (χ2v) is 7.81. The lowest BCUT2D eigenvalue weighted by molar-refractivity contribution is 0.0532. The first-order valence-electron chi connectivity index (χ1n) is 9.63. The smallest absolute Gasteiger partial charge is 0.350 e. The summed E-state index contributed by atoms with van der Waals surface area (Å²) < 4.78 is 16.0. The molecule has 0 aliphatic rings. The number of nitrogens with zero attached hydrogens (tertiary/aromatic N) is 3. The minimum absolute atomic E-state index is 0.0534. The molecule has 4 rings (SSSR count). The van der Waals surface area contributed by atoms with Crippen LogP contribution in [-0.4, -0.2) is 41.7 Å². The normalized spacial score (nSPS) is 10.8. The second kappa shape index (κ2) is 9.37. The molecule has 8 nitrogen and oxygen atoms in total. The number of carbonyl (C=O) groups excluding carboxylic acids is 1. The summed E-state index contributed by atoms with van der Waals surface area (Å²) in [4.78, 5) is 26.2. The van der Waals surface area contributed by atoms with E-state index in [4.69, 9.17) is 25.8 Å². The molecule has 2 aromatic heterocycles. The number of thiazole rings is 1. The third-order valence-corrected chi connectivity index (χ3v) is 5.65. The van der Waals surface area contributed by atoms with Crippen molar-refractivity contribution in [3.63, 3.8) is 0 Å². The molecule has 0 atom stereocenters.